The minimum atomic E-state index is -0.932. The Morgan fingerprint density at radius 2 is 1.64 bits per heavy atom. The lowest BCUT2D eigenvalue weighted by Crippen LogP contribution is -2.23. The molecular weight excluding hydrogens is 584 g/mol. The standard InChI is InChI=1S/C37H36N2O5S/c1-42-33-21-26(10-11-28(33)23-39-18-6-7-19-39)20-32-31-17-16-30(44-24-25-8-4-3-5-9-25)22-34(31)45-35(32)27-12-14-29(15-13-27)38-36(40)37(41)43-2/h3-5,8-17,21-22H,6-7,18-20,23-24H2,1-2H3,(H,38,40). The van der Waals surface area contributed by atoms with Crippen molar-refractivity contribution in [1.29, 1.82) is 0 Å². The third-order valence-electron chi connectivity index (χ3n) is 8.11. The second-order valence-electron chi connectivity index (χ2n) is 11.2. The number of ether oxygens (including phenoxy) is 3. The summed E-state index contributed by atoms with van der Waals surface area (Å²) in [5.41, 5.74) is 6.25. The first-order valence-electron chi connectivity index (χ1n) is 15.1. The van der Waals surface area contributed by atoms with Gasteiger partial charge in [0.05, 0.1) is 14.2 Å². The Balaban J connectivity index is 1.32. The quantitative estimate of drug-likeness (QED) is 0.129. The summed E-state index contributed by atoms with van der Waals surface area (Å²) in [6.45, 7) is 3.68. The number of anilines is 1. The number of hydrogen-bond donors (Lipinski definition) is 1. The van der Waals surface area contributed by atoms with E-state index in [0.717, 1.165) is 58.3 Å². The first-order valence-corrected chi connectivity index (χ1v) is 15.9. The average molecular weight is 621 g/mol. The Morgan fingerprint density at radius 1 is 0.867 bits per heavy atom. The first kappa shape index (κ1) is 30.4. The fourth-order valence-electron chi connectivity index (χ4n) is 5.76. The smallest absolute Gasteiger partial charge is 0.396 e. The number of thiophene rings is 1. The van der Waals surface area contributed by atoms with Crippen molar-refractivity contribution < 1.29 is 23.8 Å². The summed E-state index contributed by atoms with van der Waals surface area (Å²) in [6, 6.07) is 30.6. The topological polar surface area (TPSA) is 77.1 Å². The van der Waals surface area contributed by atoms with Gasteiger partial charge >= 0.3 is 11.9 Å². The van der Waals surface area contributed by atoms with Crippen LogP contribution >= 0.6 is 11.3 Å². The highest BCUT2D eigenvalue weighted by Gasteiger charge is 2.19. The number of amides is 1. The highest BCUT2D eigenvalue weighted by atomic mass is 32.1. The largest absolute Gasteiger partial charge is 0.496 e. The fourth-order valence-corrected chi connectivity index (χ4v) is 7.02. The highest BCUT2D eigenvalue weighted by Crippen LogP contribution is 2.42. The van der Waals surface area contributed by atoms with Gasteiger partial charge in [0, 0.05) is 27.4 Å². The van der Waals surface area contributed by atoms with Crippen molar-refractivity contribution in [3.63, 3.8) is 0 Å². The zero-order chi connectivity index (χ0) is 31.2. The fraction of sp³-hybridized carbons (Fsp3) is 0.243. The number of esters is 1. The van der Waals surface area contributed by atoms with Crippen molar-refractivity contribution in [1.82, 2.24) is 4.90 Å². The van der Waals surface area contributed by atoms with Crippen LogP contribution in [0.25, 0.3) is 20.5 Å². The molecule has 1 N–H and O–H groups in total. The molecule has 0 atom stereocenters. The van der Waals surface area contributed by atoms with Gasteiger partial charge in [0.2, 0.25) is 0 Å². The third kappa shape index (κ3) is 7.19. The zero-order valence-electron chi connectivity index (χ0n) is 25.5. The van der Waals surface area contributed by atoms with E-state index < -0.39 is 11.9 Å². The molecular formula is C37H36N2O5S. The van der Waals surface area contributed by atoms with Crippen molar-refractivity contribution in [3.8, 4) is 21.9 Å². The van der Waals surface area contributed by atoms with Crippen molar-refractivity contribution in [2.75, 3.05) is 32.6 Å². The SMILES string of the molecule is COC(=O)C(=O)Nc1ccc(-c2sc3cc(OCc4ccccc4)ccc3c2Cc2ccc(CN3CCCC3)c(OC)c2)cc1. The molecule has 1 aliphatic heterocycles. The first-order chi connectivity index (χ1) is 22.0. The van der Waals surface area contributed by atoms with Crippen LogP contribution in [0.5, 0.6) is 11.5 Å². The molecule has 0 radical (unpaired) electrons. The number of fused-ring (bicyclic) bond motifs is 1. The summed E-state index contributed by atoms with van der Waals surface area (Å²) in [6.07, 6.45) is 3.23. The summed E-state index contributed by atoms with van der Waals surface area (Å²) < 4.78 is 17.7. The number of methoxy groups -OCH3 is 2. The molecule has 0 spiro atoms. The second-order valence-corrected chi connectivity index (χ2v) is 12.2. The van der Waals surface area contributed by atoms with Crippen LogP contribution in [0.15, 0.2) is 91.0 Å². The van der Waals surface area contributed by atoms with Crippen LogP contribution in [-0.2, 0) is 33.9 Å². The maximum atomic E-state index is 12.0. The van der Waals surface area contributed by atoms with E-state index in [4.69, 9.17) is 9.47 Å². The lowest BCUT2D eigenvalue weighted by molar-refractivity contribution is -0.150. The van der Waals surface area contributed by atoms with Crippen molar-refractivity contribution in [3.05, 3.63) is 113 Å². The van der Waals surface area contributed by atoms with E-state index in [-0.39, 0.29) is 0 Å². The predicted molar refractivity (Wildman–Crippen MR) is 179 cm³/mol. The molecule has 0 saturated carbocycles. The monoisotopic (exact) mass is 620 g/mol. The summed E-state index contributed by atoms with van der Waals surface area (Å²) >= 11 is 1.72. The van der Waals surface area contributed by atoms with E-state index in [2.05, 4.69) is 57.4 Å². The average Bonchev–Trinajstić information content (AvgIpc) is 3.72. The highest BCUT2D eigenvalue weighted by molar-refractivity contribution is 7.22. The molecule has 0 bridgehead atoms. The number of likely N-dealkylation sites (tertiary alicyclic amines) is 1. The van der Waals surface area contributed by atoms with E-state index in [1.54, 1.807) is 30.6 Å². The lowest BCUT2D eigenvalue weighted by Gasteiger charge is -2.18. The molecule has 1 saturated heterocycles. The molecule has 4 aromatic carbocycles. The number of rotatable bonds is 10. The zero-order valence-corrected chi connectivity index (χ0v) is 26.3. The van der Waals surface area contributed by atoms with Gasteiger partial charge in [-0.25, -0.2) is 4.79 Å². The normalized spacial score (nSPS) is 13.1. The van der Waals surface area contributed by atoms with E-state index in [9.17, 15) is 9.59 Å². The van der Waals surface area contributed by atoms with Gasteiger partial charge in [0.1, 0.15) is 18.1 Å². The van der Waals surface area contributed by atoms with Gasteiger partial charge in [-0.3, -0.25) is 9.69 Å². The van der Waals surface area contributed by atoms with E-state index in [1.807, 2.05) is 36.4 Å². The second kappa shape index (κ2) is 14.0. The summed E-state index contributed by atoms with van der Waals surface area (Å²) in [4.78, 5) is 27.2. The predicted octanol–water partition coefficient (Wildman–Crippen LogP) is 7.45. The minimum absolute atomic E-state index is 0.500. The molecule has 8 heteroatoms. The molecule has 1 aromatic heterocycles. The number of nitrogens with zero attached hydrogens (tertiary/aromatic N) is 1. The Morgan fingerprint density at radius 3 is 2.38 bits per heavy atom. The molecule has 1 amide bonds. The number of carbonyl (C=O) groups excluding carboxylic acids is 2. The van der Waals surface area contributed by atoms with Gasteiger partial charge < -0.3 is 19.5 Å². The van der Waals surface area contributed by atoms with Crippen molar-refractivity contribution in [2.24, 2.45) is 0 Å². The molecule has 2 heterocycles. The van der Waals surface area contributed by atoms with Gasteiger partial charge in [0.25, 0.3) is 0 Å². The number of carbonyl (C=O) groups is 2. The van der Waals surface area contributed by atoms with Crippen molar-refractivity contribution in [2.45, 2.75) is 32.4 Å². The minimum Gasteiger partial charge on any atom is -0.496 e. The van der Waals surface area contributed by atoms with Gasteiger partial charge in [-0.2, -0.15) is 0 Å². The van der Waals surface area contributed by atoms with Gasteiger partial charge in [-0.1, -0.05) is 54.6 Å². The molecule has 7 nitrogen and oxygen atoms in total. The van der Waals surface area contributed by atoms with Gasteiger partial charge in [0.15, 0.2) is 0 Å². The Labute approximate surface area is 267 Å². The third-order valence-corrected chi connectivity index (χ3v) is 9.36. The summed E-state index contributed by atoms with van der Waals surface area (Å²) in [7, 11) is 2.93. The molecule has 1 fully saturated rings. The summed E-state index contributed by atoms with van der Waals surface area (Å²) in [5.74, 6) is -0.00159. The molecule has 230 valence electrons. The van der Waals surface area contributed by atoms with Crippen LogP contribution in [0.1, 0.15) is 35.1 Å². The maximum absolute atomic E-state index is 12.0. The Kier molecular flexibility index (Phi) is 9.43. The van der Waals surface area contributed by atoms with Crippen molar-refractivity contribution >= 4 is 39.0 Å². The maximum Gasteiger partial charge on any atom is 0.396 e. The molecule has 45 heavy (non-hydrogen) atoms. The number of benzene rings is 4. The van der Waals surface area contributed by atoms with Crippen LogP contribution in [0.2, 0.25) is 0 Å². The molecule has 0 unspecified atom stereocenters. The van der Waals surface area contributed by atoms with Crippen LogP contribution in [0, 0.1) is 0 Å². The van der Waals surface area contributed by atoms with Crippen LogP contribution in [0.3, 0.4) is 0 Å². The molecule has 6 rings (SSSR count). The lowest BCUT2D eigenvalue weighted by atomic mass is 9.97. The molecule has 1 aliphatic rings. The van der Waals surface area contributed by atoms with Gasteiger partial charge in [-0.05, 0) is 96.4 Å². The van der Waals surface area contributed by atoms with Crippen LogP contribution in [0.4, 0.5) is 5.69 Å². The molecule has 5 aromatic rings. The molecule has 0 aliphatic carbocycles. The van der Waals surface area contributed by atoms with E-state index >= 15 is 0 Å². The Bertz CT molecular complexity index is 1790. The van der Waals surface area contributed by atoms with Gasteiger partial charge in [-0.15, -0.1) is 11.3 Å². The van der Waals surface area contributed by atoms with E-state index in [1.165, 1.54) is 42.0 Å². The number of nitrogens with one attached hydrogen (secondary N) is 1. The van der Waals surface area contributed by atoms with Crippen LogP contribution < -0.4 is 14.8 Å². The van der Waals surface area contributed by atoms with E-state index in [0.29, 0.717) is 12.3 Å². The Hall–Kier alpha value is -4.66. The number of hydrogen-bond acceptors (Lipinski definition) is 7. The summed E-state index contributed by atoms with van der Waals surface area (Å²) in [5, 5.41) is 3.76. The van der Waals surface area contributed by atoms with Crippen LogP contribution in [-0.4, -0.2) is 44.1 Å².